The van der Waals surface area contributed by atoms with Gasteiger partial charge < -0.3 is 15.4 Å². The van der Waals surface area contributed by atoms with Crippen LogP contribution in [0, 0.1) is 24.4 Å². The molecule has 0 aliphatic heterocycles. The largest absolute Gasteiger partial charge is 0.388 e. The number of nitrogens with zero attached hydrogens (tertiary/aromatic N) is 1. The van der Waals surface area contributed by atoms with Crippen molar-refractivity contribution < 1.29 is 9.53 Å². The number of rotatable bonds is 8. The third-order valence-corrected chi connectivity index (χ3v) is 3.70. The Morgan fingerprint density at radius 1 is 1.41 bits per heavy atom. The second-order valence-corrected chi connectivity index (χ2v) is 5.43. The van der Waals surface area contributed by atoms with E-state index >= 15 is 0 Å². The molecule has 1 aromatic carbocycles. The van der Waals surface area contributed by atoms with Crippen molar-refractivity contribution in [3.8, 4) is 12.0 Å². The van der Waals surface area contributed by atoms with Gasteiger partial charge >= 0.3 is 6.03 Å². The molecule has 1 rings (SSSR count). The molecule has 0 spiro atoms. The molecule has 0 aromatic heterocycles. The number of amides is 2. The molecule has 0 bridgehead atoms. The zero-order chi connectivity index (χ0) is 16.4. The molecule has 0 radical (unpaired) electrons. The first-order chi connectivity index (χ1) is 10.6. The molecule has 1 atom stereocenters. The SMILES string of the molecule is CCCCC(CC)CNC(=O)Nc1ccc(C)c(OC#N)c1. The number of nitrogens with one attached hydrogen (secondary N) is 2. The van der Waals surface area contributed by atoms with Crippen molar-refractivity contribution in [2.75, 3.05) is 11.9 Å². The van der Waals surface area contributed by atoms with Crippen molar-refractivity contribution in [3.05, 3.63) is 23.8 Å². The predicted molar refractivity (Wildman–Crippen MR) is 87.7 cm³/mol. The number of nitriles is 1. The van der Waals surface area contributed by atoms with E-state index < -0.39 is 0 Å². The Kier molecular flexibility index (Phi) is 7.84. The zero-order valence-corrected chi connectivity index (χ0v) is 13.6. The molecule has 1 aromatic rings. The van der Waals surface area contributed by atoms with E-state index in [4.69, 9.17) is 10.00 Å². The van der Waals surface area contributed by atoms with Crippen LogP contribution in [-0.2, 0) is 0 Å². The summed E-state index contributed by atoms with van der Waals surface area (Å²) in [4.78, 5) is 11.9. The van der Waals surface area contributed by atoms with Gasteiger partial charge in [-0.15, -0.1) is 5.26 Å². The van der Waals surface area contributed by atoms with Crippen LogP contribution in [0.2, 0.25) is 0 Å². The van der Waals surface area contributed by atoms with Crippen molar-refractivity contribution in [1.82, 2.24) is 5.32 Å². The van der Waals surface area contributed by atoms with Gasteiger partial charge in [-0.3, -0.25) is 0 Å². The normalized spacial score (nSPS) is 11.4. The van der Waals surface area contributed by atoms with Crippen molar-refractivity contribution in [1.29, 1.82) is 5.26 Å². The molecule has 0 fully saturated rings. The maximum Gasteiger partial charge on any atom is 0.319 e. The van der Waals surface area contributed by atoms with Crippen LogP contribution in [0.15, 0.2) is 18.2 Å². The summed E-state index contributed by atoms with van der Waals surface area (Å²) in [5, 5.41) is 14.3. The molecule has 5 nitrogen and oxygen atoms in total. The molecule has 22 heavy (non-hydrogen) atoms. The highest BCUT2D eigenvalue weighted by atomic mass is 16.5. The molecule has 120 valence electrons. The minimum absolute atomic E-state index is 0.235. The van der Waals surface area contributed by atoms with Gasteiger partial charge in [-0.2, -0.15) is 0 Å². The highest BCUT2D eigenvalue weighted by Crippen LogP contribution is 2.22. The number of hydrogen-bond donors (Lipinski definition) is 2. The third kappa shape index (κ3) is 6.04. The second-order valence-electron chi connectivity index (χ2n) is 5.43. The van der Waals surface area contributed by atoms with E-state index in [0.717, 1.165) is 18.4 Å². The summed E-state index contributed by atoms with van der Waals surface area (Å²) in [6.45, 7) is 6.84. The summed E-state index contributed by atoms with van der Waals surface area (Å²) in [6, 6.07) is 5.00. The molecule has 0 aliphatic carbocycles. The van der Waals surface area contributed by atoms with Crippen molar-refractivity contribution in [2.45, 2.75) is 46.5 Å². The van der Waals surface area contributed by atoms with Gasteiger partial charge in [0.05, 0.1) is 0 Å². The smallest absolute Gasteiger partial charge is 0.319 e. The molecule has 0 aliphatic rings. The van der Waals surface area contributed by atoms with Gasteiger partial charge in [0.1, 0.15) is 5.75 Å². The number of ether oxygens (including phenoxy) is 1. The lowest BCUT2D eigenvalue weighted by atomic mass is 9.99. The van der Waals surface area contributed by atoms with Crippen molar-refractivity contribution >= 4 is 11.7 Å². The van der Waals surface area contributed by atoms with Crippen LogP contribution in [0.4, 0.5) is 10.5 Å². The van der Waals surface area contributed by atoms with E-state index in [9.17, 15) is 4.79 Å². The minimum Gasteiger partial charge on any atom is -0.388 e. The number of aryl methyl sites for hydroxylation is 1. The van der Waals surface area contributed by atoms with E-state index in [0.29, 0.717) is 23.9 Å². The molecule has 0 saturated heterocycles. The van der Waals surface area contributed by atoms with E-state index in [2.05, 4.69) is 24.5 Å². The number of carbonyl (C=O) groups excluding carboxylic acids is 1. The lowest BCUT2D eigenvalue weighted by molar-refractivity contribution is 0.249. The van der Waals surface area contributed by atoms with Gasteiger partial charge in [-0.1, -0.05) is 39.2 Å². The Hall–Kier alpha value is -2.22. The Labute approximate surface area is 132 Å². The van der Waals surface area contributed by atoms with Crippen molar-refractivity contribution in [3.63, 3.8) is 0 Å². The number of unbranched alkanes of at least 4 members (excludes halogenated alkanes) is 1. The summed E-state index contributed by atoms with van der Waals surface area (Å²) in [5.41, 5.74) is 1.45. The minimum atomic E-state index is -0.235. The van der Waals surface area contributed by atoms with Gasteiger partial charge in [-0.25, -0.2) is 4.79 Å². The Balaban J connectivity index is 2.51. The molecular weight excluding hydrogens is 278 g/mol. The summed E-state index contributed by atoms with van der Waals surface area (Å²) in [5.74, 6) is 0.968. The lowest BCUT2D eigenvalue weighted by Crippen LogP contribution is -2.33. The fourth-order valence-corrected chi connectivity index (χ4v) is 2.19. The molecule has 2 N–H and O–H groups in total. The average Bonchev–Trinajstić information content (AvgIpc) is 2.51. The monoisotopic (exact) mass is 303 g/mol. The number of urea groups is 1. The maximum absolute atomic E-state index is 11.9. The fourth-order valence-electron chi connectivity index (χ4n) is 2.19. The predicted octanol–water partition coefficient (Wildman–Crippen LogP) is 4.19. The zero-order valence-electron chi connectivity index (χ0n) is 13.6. The van der Waals surface area contributed by atoms with E-state index in [-0.39, 0.29) is 6.03 Å². The van der Waals surface area contributed by atoms with Crippen molar-refractivity contribution in [2.24, 2.45) is 5.92 Å². The summed E-state index contributed by atoms with van der Waals surface area (Å²) in [6.07, 6.45) is 6.21. The van der Waals surface area contributed by atoms with Crippen LogP contribution in [-0.4, -0.2) is 12.6 Å². The standard InChI is InChI=1S/C17H25N3O2/c1-4-6-7-14(5-2)11-19-17(21)20-15-9-8-13(3)16(10-15)22-12-18/h8-10,14H,4-7,11H2,1-3H3,(H2,19,20,21). The summed E-state index contributed by atoms with van der Waals surface area (Å²) >= 11 is 0. The van der Waals surface area contributed by atoms with Crippen LogP contribution in [0.5, 0.6) is 5.75 Å². The van der Waals surface area contributed by atoms with Gasteiger partial charge in [-0.05, 0) is 30.9 Å². The Morgan fingerprint density at radius 2 is 2.18 bits per heavy atom. The fraction of sp³-hybridized carbons (Fsp3) is 0.529. The third-order valence-electron chi connectivity index (χ3n) is 3.70. The Morgan fingerprint density at radius 3 is 2.82 bits per heavy atom. The summed E-state index contributed by atoms with van der Waals surface area (Å²) in [7, 11) is 0. The molecule has 2 amide bonds. The van der Waals surface area contributed by atoms with Gasteiger partial charge in [0.15, 0.2) is 0 Å². The van der Waals surface area contributed by atoms with E-state index in [1.54, 1.807) is 24.5 Å². The quantitative estimate of drug-likeness (QED) is 0.707. The highest BCUT2D eigenvalue weighted by molar-refractivity contribution is 5.89. The van der Waals surface area contributed by atoms with Crippen LogP contribution >= 0.6 is 0 Å². The first kappa shape index (κ1) is 17.8. The van der Waals surface area contributed by atoms with E-state index in [1.807, 2.05) is 6.92 Å². The van der Waals surface area contributed by atoms with E-state index in [1.165, 1.54) is 12.8 Å². The number of anilines is 1. The van der Waals surface area contributed by atoms with Crippen LogP contribution in [0.3, 0.4) is 0 Å². The molecule has 0 saturated carbocycles. The average molecular weight is 303 g/mol. The Bertz CT molecular complexity index is 523. The number of carbonyl (C=O) groups is 1. The number of hydrogen-bond acceptors (Lipinski definition) is 3. The van der Waals surface area contributed by atoms with Gasteiger partial charge in [0.2, 0.25) is 0 Å². The highest BCUT2D eigenvalue weighted by Gasteiger charge is 2.09. The maximum atomic E-state index is 11.9. The summed E-state index contributed by atoms with van der Waals surface area (Å²) < 4.78 is 4.85. The molecular formula is C17H25N3O2. The first-order valence-corrected chi connectivity index (χ1v) is 7.82. The van der Waals surface area contributed by atoms with Crippen LogP contribution < -0.4 is 15.4 Å². The topological polar surface area (TPSA) is 74.2 Å². The second kappa shape index (κ2) is 9.67. The van der Waals surface area contributed by atoms with Gasteiger partial charge in [0, 0.05) is 18.3 Å². The van der Waals surface area contributed by atoms with Crippen LogP contribution in [0.25, 0.3) is 0 Å². The van der Waals surface area contributed by atoms with Crippen LogP contribution in [0.1, 0.15) is 45.1 Å². The first-order valence-electron chi connectivity index (χ1n) is 7.82. The molecule has 1 unspecified atom stereocenters. The lowest BCUT2D eigenvalue weighted by Gasteiger charge is -2.16. The molecule has 5 heteroatoms. The molecule has 0 heterocycles. The number of benzene rings is 1. The van der Waals surface area contributed by atoms with Gasteiger partial charge in [0.25, 0.3) is 6.26 Å².